The lowest BCUT2D eigenvalue weighted by Gasteiger charge is -2.22. The van der Waals surface area contributed by atoms with Gasteiger partial charge in [0.25, 0.3) is 0 Å². The Labute approximate surface area is 112 Å². The molecular formula is C13H20N2O4. The van der Waals surface area contributed by atoms with Crippen molar-refractivity contribution in [1.82, 2.24) is 5.32 Å². The van der Waals surface area contributed by atoms with Crippen LogP contribution in [0.2, 0.25) is 0 Å². The highest BCUT2D eigenvalue weighted by molar-refractivity contribution is 5.75. The van der Waals surface area contributed by atoms with Crippen LogP contribution in [0.3, 0.4) is 0 Å². The first-order valence-corrected chi connectivity index (χ1v) is 5.84. The number of aliphatic carboxylic acids is 1. The van der Waals surface area contributed by atoms with Gasteiger partial charge >= 0.3 is 5.97 Å². The summed E-state index contributed by atoms with van der Waals surface area (Å²) in [5.41, 5.74) is 7.59. The molecule has 1 rings (SSSR count). The Hall–Kier alpha value is -1.79. The molecule has 1 aromatic rings. The maximum Gasteiger partial charge on any atom is 0.322 e. The number of nitrogens with two attached hydrogens (primary N) is 1. The van der Waals surface area contributed by atoms with Crippen LogP contribution in [0.1, 0.15) is 17.2 Å². The predicted octanol–water partition coefficient (Wildman–Crippen LogP) is 0.685. The Morgan fingerprint density at radius 3 is 2.26 bits per heavy atom. The van der Waals surface area contributed by atoms with E-state index in [0.29, 0.717) is 17.1 Å². The zero-order chi connectivity index (χ0) is 14.6. The van der Waals surface area contributed by atoms with Crippen LogP contribution in [0.15, 0.2) is 12.1 Å². The summed E-state index contributed by atoms with van der Waals surface area (Å²) in [4.78, 5) is 11.1. The average molecular weight is 268 g/mol. The van der Waals surface area contributed by atoms with Crippen molar-refractivity contribution in [1.29, 1.82) is 0 Å². The van der Waals surface area contributed by atoms with Crippen molar-refractivity contribution in [3.63, 3.8) is 0 Å². The van der Waals surface area contributed by atoms with Gasteiger partial charge in [0.2, 0.25) is 0 Å². The lowest BCUT2D eigenvalue weighted by Crippen LogP contribution is -2.43. The molecular weight excluding hydrogens is 248 g/mol. The summed E-state index contributed by atoms with van der Waals surface area (Å²) >= 11 is 0. The molecule has 0 saturated carbocycles. The van der Waals surface area contributed by atoms with Crippen LogP contribution in [0, 0.1) is 6.92 Å². The zero-order valence-electron chi connectivity index (χ0n) is 11.6. The van der Waals surface area contributed by atoms with E-state index < -0.39 is 18.1 Å². The third-order valence-corrected chi connectivity index (χ3v) is 3.07. The molecule has 19 heavy (non-hydrogen) atoms. The summed E-state index contributed by atoms with van der Waals surface area (Å²) in [6.45, 7) is 1.85. The van der Waals surface area contributed by atoms with Gasteiger partial charge in [-0.25, -0.2) is 0 Å². The highest BCUT2D eigenvalue weighted by Gasteiger charge is 2.26. The standard InChI is InChI=1S/C13H20N2O4/c1-7-5-9(18-3)10(19-4)6-8(7)11(14)12(15-2)13(16)17/h5-6,11-12,15H,14H2,1-4H3,(H,16,17). The molecule has 0 aliphatic carbocycles. The zero-order valence-corrected chi connectivity index (χ0v) is 11.6. The molecule has 6 heteroatoms. The fraction of sp³-hybridized carbons (Fsp3) is 0.462. The van der Waals surface area contributed by atoms with Crippen molar-refractivity contribution >= 4 is 5.97 Å². The van der Waals surface area contributed by atoms with Gasteiger partial charge in [-0.1, -0.05) is 0 Å². The molecule has 0 aromatic heterocycles. The molecule has 0 amide bonds. The summed E-state index contributed by atoms with van der Waals surface area (Å²) in [7, 11) is 4.63. The van der Waals surface area contributed by atoms with Crippen molar-refractivity contribution < 1.29 is 19.4 Å². The van der Waals surface area contributed by atoms with Gasteiger partial charge in [0.15, 0.2) is 11.5 Å². The molecule has 0 aliphatic rings. The molecule has 0 spiro atoms. The number of rotatable bonds is 6. The third kappa shape index (κ3) is 3.15. The van der Waals surface area contributed by atoms with E-state index in [1.165, 1.54) is 7.11 Å². The number of aryl methyl sites for hydroxylation is 1. The number of hydrogen-bond donors (Lipinski definition) is 3. The van der Waals surface area contributed by atoms with Gasteiger partial charge in [-0.05, 0) is 37.2 Å². The van der Waals surface area contributed by atoms with E-state index in [9.17, 15) is 4.79 Å². The summed E-state index contributed by atoms with van der Waals surface area (Å²) in [5.74, 6) is 0.121. The maximum absolute atomic E-state index is 11.1. The van der Waals surface area contributed by atoms with Crippen LogP contribution >= 0.6 is 0 Å². The highest BCUT2D eigenvalue weighted by Crippen LogP contribution is 2.33. The number of benzene rings is 1. The molecule has 2 atom stereocenters. The number of carboxylic acid groups (broad SMARTS) is 1. The van der Waals surface area contributed by atoms with Crippen molar-refractivity contribution in [3.8, 4) is 11.5 Å². The number of methoxy groups -OCH3 is 2. The van der Waals surface area contributed by atoms with Crippen molar-refractivity contribution in [2.45, 2.75) is 19.0 Å². The quantitative estimate of drug-likeness (QED) is 0.702. The van der Waals surface area contributed by atoms with E-state index >= 15 is 0 Å². The Bertz CT molecular complexity index is 462. The molecule has 2 unspecified atom stereocenters. The van der Waals surface area contributed by atoms with Crippen LogP contribution in [0.4, 0.5) is 0 Å². The summed E-state index contributed by atoms with van der Waals surface area (Å²) in [6.07, 6.45) is 0. The minimum absolute atomic E-state index is 0.527. The first-order valence-electron chi connectivity index (χ1n) is 5.84. The smallest absolute Gasteiger partial charge is 0.322 e. The average Bonchev–Trinajstić information content (AvgIpc) is 2.38. The van der Waals surface area contributed by atoms with Crippen LogP contribution in [0.5, 0.6) is 11.5 Å². The number of likely N-dealkylation sites (N-methyl/N-ethyl adjacent to an activating group) is 1. The summed E-state index contributed by atoms with van der Waals surface area (Å²) in [6, 6.07) is 1.95. The Kier molecular flexibility index (Phi) is 5.14. The van der Waals surface area contributed by atoms with Crippen LogP contribution in [0.25, 0.3) is 0 Å². The van der Waals surface area contributed by atoms with Gasteiger partial charge in [0.05, 0.1) is 20.3 Å². The molecule has 0 fully saturated rings. The lowest BCUT2D eigenvalue weighted by molar-refractivity contribution is -0.139. The minimum Gasteiger partial charge on any atom is -0.493 e. The van der Waals surface area contributed by atoms with Gasteiger partial charge in [-0.2, -0.15) is 0 Å². The maximum atomic E-state index is 11.1. The molecule has 1 aromatic carbocycles. The van der Waals surface area contributed by atoms with E-state index in [0.717, 1.165) is 5.56 Å². The molecule has 106 valence electrons. The fourth-order valence-electron chi connectivity index (χ4n) is 1.99. The molecule has 0 bridgehead atoms. The van der Waals surface area contributed by atoms with Gasteiger partial charge in [0, 0.05) is 0 Å². The van der Waals surface area contributed by atoms with Crippen LogP contribution in [-0.2, 0) is 4.79 Å². The molecule has 0 saturated heterocycles. The third-order valence-electron chi connectivity index (χ3n) is 3.07. The first-order chi connectivity index (χ1) is 8.96. The van der Waals surface area contributed by atoms with Crippen molar-refractivity contribution in [2.75, 3.05) is 21.3 Å². The lowest BCUT2D eigenvalue weighted by atomic mass is 9.95. The predicted molar refractivity (Wildman–Crippen MR) is 71.7 cm³/mol. The number of nitrogens with one attached hydrogen (secondary N) is 1. The Morgan fingerprint density at radius 2 is 1.84 bits per heavy atom. The highest BCUT2D eigenvalue weighted by atomic mass is 16.5. The number of carboxylic acids is 1. The van der Waals surface area contributed by atoms with Crippen LogP contribution < -0.4 is 20.5 Å². The van der Waals surface area contributed by atoms with Crippen molar-refractivity contribution in [2.24, 2.45) is 5.73 Å². The second kappa shape index (κ2) is 6.40. The fourth-order valence-corrected chi connectivity index (χ4v) is 1.99. The molecule has 0 radical (unpaired) electrons. The van der Waals surface area contributed by atoms with Gasteiger partial charge < -0.3 is 25.6 Å². The van der Waals surface area contributed by atoms with E-state index in [1.54, 1.807) is 26.3 Å². The number of hydrogen-bond acceptors (Lipinski definition) is 5. The topological polar surface area (TPSA) is 93.8 Å². The van der Waals surface area contributed by atoms with Gasteiger partial charge in [-0.3, -0.25) is 4.79 Å². The van der Waals surface area contributed by atoms with Crippen molar-refractivity contribution in [3.05, 3.63) is 23.3 Å². The molecule has 4 N–H and O–H groups in total. The molecule has 6 nitrogen and oxygen atoms in total. The normalized spacial score (nSPS) is 13.7. The largest absolute Gasteiger partial charge is 0.493 e. The first kappa shape index (κ1) is 15.3. The summed E-state index contributed by atoms with van der Waals surface area (Å²) < 4.78 is 10.4. The van der Waals surface area contributed by atoms with Gasteiger partial charge in [-0.15, -0.1) is 0 Å². The Balaban J connectivity index is 3.22. The monoisotopic (exact) mass is 268 g/mol. The Morgan fingerprint density at radius 1 is 1.32 bits per heavy atom. The summed E-state index contributed by atoms with van der Waals surface area (Å²) in [5, 5.41) is 11.8. The second-order valence-electron chi connectivity index (χ2n) is 4.19. The van der Waals surface area contributed by atoms with E-state index in [2.05, 4.69) is 5.32 Å². The SMILES string of the molecule is CNC(C(=O)O)C(N)c1cc(OC)c(OC)cc1C. The van der Waals surface area contributed by atoms with E-state index in [1.807, 2.05) is 6.92 Å². The molecule has 0 heterocycles. The van der Waals surface area contributed by atoms with E-state index in [4.69, 9.17) is 20.3 Å². The van der Waals surface area contributed by atoms with Crippen LogP contribution in [-0.4, -0.2) is 38.4 Å². The number of ether oxygens (including phenoxy) is 2. The van der Waals surface area contributed by atoms with E-state index in [-0.39, 0.29) is 0 Å². The minimum atomic E-state index is -0.996. The second-order valence-corrected chi connectivity index (χ2v) is 4.19. The van der Waals surface area contributed by atoms with Gasteiger partial charge in [0.1, 0.15) is 6.04 Å². The molecule has 0 aliphatic heterocycles. The number of carbonyl (C=O) groups is 1.